The molecular weight excluding hydrogens is 490 g/mol. The number of thiophene rings is 1. The molecule has 2 aromatic heterocycles. The minimum Gasteiger partial charge on any atom is -0.465 e. The van der Waals surface area contributed by atoms with Gasteiger partial charge in [-0.25, -0.2) is 9.48 Å². The highest BCUT2D eigenvalue weighted by Gasteiger charge is 2.36. The summed E-state index contributed by atoms with van der Waals surface area (Å²) in [6, 6.07) is 16.5. The summed E-state index contributed by atoms with van der Waals surface area (Å²) < 4.78 is 6.33. The van der Waals surface area contributed by atoms with Gasteiger partial charge in [-0.1, -0.05) is 30.3 Å². The largest absolute Gasteiger partial charge is 0.465 e. The Kier molecular flexibility index (Phi) is 7.68. The van der Waals surface area contributed by atoms with E-state index in [0.29, 0.717) is 33.6 Å². The highest BCUT2D eigenvalue weighted by atomic mass is 32.1. The average Bonchev–Trinajstić information content (AvgIpc) is 3.57. The first-order valence-corrected chi connectivity index (χ1v) is 12.8. The summed E-state index contributed by atoms with van der Waals surface area (Å²) in [6.07, 6.45) is 0.711. The third-order valence-electron chi connectivity index (χ3n) is 6.21. The number of methoxy groups -OCH3 is 1. The number of esters is 1. The van der Waals surface area contributed by atoms with Crippen molar-refractivity contribution < 1.29 is 19.1 Å². The summed E-state index contributed by atoms with van der Waals surface area (Å²) in [5, 5.41) is 13.3. The second-order valence-electron chi connectivity index (χ2n) is 9.18. The SMILES string of the molecule is CCC(C)(C)NC(=O)C(c1cccs1)N(C(=O)Cn1nnc2ccccc21)c1ccc(C(=O)OC)cc1. The Balaban J connectivity index is 1.79. The van der Waals surface area contributed by atoms with Gasteiger partial charge < -0.3 is 10.1 Å². The number of carbonyl (C=O) groups excluding carboxylic acids is 3. The molecule has 0 aliphatic rings. The maximum Gasteiger partial charge on any atom is 0.337 e. The van der Waals surface area contributed by atoms with Crippen molar-refractivity contribution in [2.75, 3.05) is 12.0 Å². The number of amides is 2. The molecule has 0 spiro atoms. The quantitative estimate of drug-likeness (QED) is 0.330. The lowest BCUT2D eigenvalue weighted by Gasteiger charge is -2.34. The number of hydrogen-bond acceptors (Lipinski definition) is 7. The number of nitrogens with one attached hydrogen (secondary N) is 1. The number of benzene rings is 2. The summed E-state index contributed by atoms with van der Waals surface area (Å²) >= 11 is 1.39. The standard InChI is InChI=1S/C27H29N5O4S/c1-5-27(2,3)28-25(34)24(22-11-8-16-37-22)32(19-14-12-18(13-15-19)26(35)36-4)23(33)17-31-21-10-7-6-9-20(21)29-30-31/h6-16,24H,5,17H2,1-4H3,(H,28,34). The molecule has 0 aliphatic carbocycles. The Bertz CT molecular complexity index is 1400. The molecule has 1 unspecified atom stereocenters. The van der Waals surface area contributed by atoms with Gasteiger partial charge in [0, 0.05) is 16.1 Å². The van der Waals surface area contributed by atoms with Gasteiger partial charge in [-0.2, -0.15) is 0 Å². The second kappa shape index (κ2) is 10.9. The average molecular weight is 520 g/mol. The van der Waals surface area contributed by atoms with Crippen LogP contribution in [-0.2, 0) is 20.9 Å². The summed E-state index contributed by atoms with van der Waals surface area (Å²) in [5.74, 6) is -1.15. The molecule has 2 heterocycles. The summed E-state index contributed by atoms with van der Waals surface area (Å²) in [6.45, 7) is 5.74. The zero-order valence-electron chi connectivity index (χ0n) is 21.2. The Hall–Kier alpha value is -4.05. The molecule has 9 nitrogen and oxygen atoms in total. The Morgan fingerprint density at radius 2 is 1.81 bits per heavy atom. The first kappa shape index (κ1) is 26.0. The van der Waals surface area contributed by atoms with Crippen LogP contribution in [0.1, 0.15) is 48.5 Å². The highest BCUT2D eigenvalue weighted by Crippen LogP contribution is 2.32. The van der Waals surface area contributed by atoms with Crippen LogP contribution in [0.2, 0.25) is 0 Å². The van der Waals surface area contributed by atoms with Crippen molar-refractivity contribution >= 4 is 45.8 Å². The van der Waals surface area contributed by atoms with Gasteiger partial charge >= 0.3 is 5.97 Å². The van der Waals surface area contributed by atoms with Crippen molar-refractivity contribution in [3.8, 4) is 0 Å². The molecule has 37 heavy (non-hydrogen) atoms. The van der Waals surface area contributed by atoms with Gasteiger partial charge in [0.2, 0.25) is 11.8 Å². The van der Waals surface area contributed by atoms with Gasteiger partial charge in [-0.05, 0) is 68.1 Å². The number of nitrogens with zero attached hydrogens (tertiary/aromatic N) is 4. The van der Waals surface area contributed by atoms with Crippen LogP contribution in [0, 0.1) is 0 Å². The Morgan fingerprint density at radius 3 is 2.46 bits per heavy atom. The van der Waals surface area contributed by atoms with E-state index >= 15 is 0 Å². The van der Waals surface area contributed by atoms with E-state index in [9.17, 15) is 14.4 Å². The monoisotopic (exact) mass is 519 g/mol. The third kappa shape index (κ3) is 5.69. The van der Waals surface area contributed by atoms with E-state index < -0.39 is 17.6 Å². The molecule has 4 rings (SSSR count). The number of hydrogen-bond donors (Lipinski definition) is 1. The molecule has 1 atom stereocenters. The smallest absolute Gasteiger partial charge is 0.337 e. The van der Waals surface area contributed by atoms with Crippen LogP contribution in [0.25, 0.3) is 11.0 Å². The molecule has 0 bridgehead atoms. The lowest BCUT2D eigenvalue weighted by atomic mass is 10.0. The molecule has 2 aromatic carbocycles. The molecule has 10 heteroatoms. The van der Waals surface area contributed by atoms with Crippen molar-refractivity contribution in [3.63, 3.8) is 0 Å². The van der Waals surface area contributed by atoms with E-state index in [0.717, 1.165) is 0 Å². The number of aromatic nitrogens is 3. The normalized spacial score (nSPS) is 12.2. The number of ether oxygens (including phenoxy) is 1. The zero-order valence-corrected chi connectivity index (χ0v) is 22.0. The number of anilines is 1. The number of rotatable bonds is 9. The zero-order chi connectivity index (χ0) is 26.6. The molecule has 2 amide bonds. The molecule has 192 valence electrons. The molecule has 0 radical (unpaired) electrons. The summed E-state index contributed by atoms with van der Waals surface area (Å²) in [5.41, 5.74) is 1.70. The first-order valence-electron chi connectivity index (χ1n) is 11.9. The number of fused-ring (bicyclic) bond motifs is 1. The minimum absolute atomic E-state index is 0.133. The van der Waals surface area contributed by atoms with Gasteiger partial charge in [0.15, 0.2) is 0 Å². The van der Waals surface area contributed by atoms with E-state index in [1.807, 2.05) is 62.5 Å². The maximum atomic E-state index is 14.0. The Morgan fingerprint density at radius 1 is 1.08 bits per heavy atom. The van der Waals surface area contributed by atoms with Gasteiger partial charge in [-0.3, -0.25) is 14.5 Å². The van der Waals surface area contributed by atoms with E-state index in [2.05, 4.69) is 15.6 Å². The van der Waals surface area contributed by atoms with Crippen molar-refractivity contribution in [2.45, 2.75) is 45.3 Å². The minimum atomic E-state index is -0.933. The number of para-hydroxylation sites is 1. The van der Waals surface area contributed by atoms with Crippen LogP contribution >= 0.6 is 11.3 Å². The molecule has 0 fully saturated rings. The lowest BCUT2D eigenvalue weighted by Crippen LogP contribution is -2.50. The molecular formula is C27H29N5O4S. The van der Waals surface area contributed by atoms with Crippen LogP contribution in [0.4, 0.5) is 5.69 Å². The summed E-state index contributed by atoms with van der Waals surface area (Å²) in [4.78, 5) is 41.9. The van der Waals surface area contributed by atoms with Gasteiger partial charge in [-0.15, -0.1) is 16.4 Å². The van der Waals surface area contributed by atoms with E-state index in [-0.39, 0.29) is 18.4 Å². The van der Waals surface area contributed by atoms with Crippen molar-refractivity contribution in [1.82, 2.24) is 20.3 Å². The fourth-order valence-electron chi connectivity index (χ4n) is 3.86. The Labute approximate surface area is 219 Å². The predicted octanol–water partition coefficient (Wildman–Crippen LogP) is 4.36. The highest BCUT2D eigenvalue weighted by molar-refractivity contribution is 7.10. The van der Waals surface area contributed by atoms with Crippen LogP contribution in [0.5, 0.6) is 0 Å². The van der Waals surface area contributed by atoms with E-state index in [1.165, 1.54) is 28.0 Å². The molecule has 0 aliphatic heterocycles. The topological polar surface area (TPSA) is 106 Å². The molecule has 0 saturated carbocycles. The predicted molar refractivity (Wildman–Crippen MR) is 142 cm³/mol. The first-order chi connectivity index (χ1) is 17.7. The van der Waals surface area contributed by atoms with Crippen LogP contribution in [0.15, 0.2) is 66.0 Å². The second-order valence-corrected chi connectivity index (χ2v) is 10.2. The van der Waals surface area contributed by atoms with Crippen LogP contribution in [-0.4, -0.2) is 45.4 Å². The number of carbonyl (C=O) groups is 3. The van der Waals surface area contributed by atoms with E-state index in [1.54, 1.807) is 24.3 Å². The maximum absolute atomic E-state index is 14.0. The van der Waals surface area contributed by atoms with Crippen molar-refractivity contribution in [1.29, 1.82) is 0 Å². The molecule has 0 saturated heterocycles. The van der Waals surface area contributed by atoms with Crippen molar-refractivity contribution in [3.05, 3.63) is 76.5 Å². The fraction of sp³-hybridized carbons (Fsp3) is 0.296. The summed E-state index contributed by atoms with van der Waals surface area (Å²) in [7, 11) is 1.31. The lowest BCUT2D eigenvalue weighted by molar-refractivity contribution is -0.128. The van der Waals surface area contributed by atoms with E-state index in [4.69, 9.17) is 4.74 Å². The van der Waals surface area contributed by atoms with Crippen LogP contribution < -0.4 is 10.2 Å². The fourth-order valence-corrected chi connectivity index (χ4v) is 4.68. The molecule has 1 N–H and O–H groups in total. The van der Waals surface area contributed by atoms with Gasteiger partial charge in [0.1, 0.15) is 18.1 Å². The third-order valence-corrected chi connectivity index (χ3v) is 7.13. The van der Waals surface area contributed by atoms with Gasteiger partial charge in [0.05, 0.1) is 18.2 Å². The van der Waals surface area contributed by atoms with Crippen molar-refractivity contribution in [2.24, 2.45) is 0 Å². The van der Waals surface area contributed by atoms with Gasteiger partial charge in [0.25, 0.3) is 0 Å². The molecule has 4 aromatic rings. The van der Waals surface area contributed by atoms with Crippen LogP contribution in [0.3, 0.4) is 0 Å².